The molecule has 136 valence electrons. The van der Waals surface area contributed by atoms with Crippen LogP contribution in [0.5, 0.6) is 5.75 Å². The maximum absolute atomic E-state index is 11.6. The zero-order chi connectivity index (χ0) is 18.9. The third kappa shape index (κ3) is 6.08. The molecule has 1 aromatic carbocycles. The number of ether oxygens (including phenoxy) is 4. The SMILES string of the molecule is C=CC(=O)OC(C)C(CCOC(=O)C(=C)C)(OC)Oc1ccccc1. The van der Waals surface area contributed by atoms with Crippen LogP contribution in [0.15, 0.2) is 55.1 Å². The van der Waals surface area contributed by atoms with Gasteiger partial charge in [0.25, 0.3) is 5.79 Å². The van der Waals surface area contributed by atoms with Crippen LogP contribution in [0.4, 0.5) is 0 Å². The Morgan fingerprint density at radius 2 is 1.92 bits per heavy atom. The molecule has 0 aliphatic heterocycles. The Bertz CT molecular complexity index is 610. The first-order chi connectivity index (χ1) is 11.8. The van der Waals surface area contributed by atoms with E-state index in [1.807, 2.05) is 6.07 Å². The summed E-state index contributed by atoms with van der Waals surface area (Å²) in [5.41, 5.74) is 0.290. The van der Waals surface area contributed by atoms with E-state index < -0.39 is 23.8 Å². The number of rotatable bonds is 10. The third-order valence-electron chi connectivity index (χ3n) is 3.49. The highest BCUT2D eigenvalue weighted by Gasteiger charge is 2.42. The molecule has 0 amide bonds. The van der Waals surface area contributed by atoms with E-state index in [1.165, 1.54) is 7.11 Å². The Balaban J connectivity index is 2.96. The molecule has 2 atom stereocenters. The lowest BCUT2D eigenvalue weighted by molar-refractivity contribution is -0.236. The van der Waals surface area contributed by atoms with E-state index in [0.717, 1.165) is 6.08 Å². The number of carbonyl (C=O) groups excluding carboxylic acids is 2. The van der Waals surface area contributed by atoms with Gasteiger partial charge in [-0.2, -0.15) is 0 Å². The minimum atomic E-state index is -1.34. The Labute approximate surface area is 148 Å². The molecule has 0 saturated carbocycles. The number of esters is 2. The third-order valence-corrected chi connectivity index (χ3v) is 3.49. The molecule has 0 N–H and O–H groups in total. The normalized spacial score (nSPS) is 13.9. The summed E-state index contributed by atoms with van der Waals surface area (Å²) >= 11 is 0. The first-order valence-corrected chi connectivity index (χ1v) is 7.79. The summed E-state index contributed by atoms with van der Waals surface area (Å²) in [4.78, 5) is 23.1. The largest absolute Gasteiger partial charge is 0.462 e. The van der Waals surface area contributed by atoms with Crippen LogP contribution in [0.1, 0.15) is 20.3 Å². The molecule has 0 radical (unpaired) electrons. The average Bonchev–Trinajstić information content (AvgIpc) is 2.61. The summed E-state index contributed by atoms with van der Waals surface area (Å²) in [5, 5.41) is 0. The summed E-state index contributed by atoms with van der Waals surface area (Å²) in [5.74, 6) is -1.93. The Morgan fingerprint density at radius 1 is 1.28 bits per heavy atom. The number of methoxy groups -OCH3 is 1. The van der Waals surface area contributed by atoms with Crippen LogP contribution in [0.25, 0.3) is 0 Å². The molecule has 0 aromatic heterocycles. The van der Waals surface area contributed by atoms with Crippen molar-refractivity contribution in [2.24, 2.45) is 0 Å². The Kier molecular flexibility index (Phi) is 7.88. The van der Waals surface area contributed by atoms with E-state index in [-0.39, 0.29) is 18.6 Å². The van der Waals surface area contributed by atoms with Gasteiger partial charge >= 0.3 is 11.9 Å². The molecule has 0 bridgehead atoms. The van der Waals surface area contributed by atoms with Crippen molar-refractivity contribution >= 4 is 11.9 Å². The van der Waals surface area contributed by atoms with Gasteiger partial charge in [-0.3, -0.25) is 0 Å². The second kappa shape index (κ2) is 9.64. The van der Waals surface area contributed by atoms with E-state index in [2.05, 4.69) is 13.2 Å². The van der Waals surface area contributed by atoms with Gasteiger partial charge in [0, 0.05) is 18.8 Å². The lowest BCUT2D eigenvalue weighted by atomic mass is 10.1. The molecule has 2 unspecified atom stereocenters. The number of hydrogen-bond acceptors (Lipinski definition) is 6. The molecule has 0 heterocycles. The molecule has 6 heteroatoms. The molecular weight excluding hydrogens is 324 g/mol. The maximum Gasteiger partial charge on any atom is 0.333 e. The first kappa shape index (κ1) is 20.4. The molecule has 6 nitrogen and oxygen atoms in total. The monoisotopic (exact) mass is 348 g/mol. The Morgan fingerprint density at radius 3 is 2.44 bits per heavy atom. The predicted octanol–water partition coefficient (Wildman–Crippen LogP) is 3.04. The first-order valence-electron chi connectivity index (χ1n) is 7.79. The van der Waals surface area contributed by atoms with Gasteiger partial charge in [0.2, 0.25) is 0 Å². The van der Waals surface area contributed by atoms with E-state index in [1.54, 1.807) is 38.1 Å². The van der Waals surface area contributed by atoms with Crippen molar-refractivity contribution in [3.63, 3.8) is 0 Å². The van der Waals surface area contributed by atoms with E-state index in [4.69, 9.17) is 18.9 Å². The maximum atomic E-state index is 11.6. The fraction of sp³-hybridized carbons (Fsp3) is 0.368. The molecule has 0 fully saturated rings. The molecule has 0 aliphatic carbocycles. The summed E-state index contributed by atoms with van der Waals surface area (Å²) < 4.78 is 21.9. The molecule has 0 aliphatic rings. The highest BCUT2D eigenvalue weighted by molar-refractivity contribution is 5.86. The van der Waals surface area contributed by atoms with Crippen LogP contribution in [0, 0.1) is 0 Å². The average molecular weight is 348 g/mol. The van der Waals surface area contributed by atoms with Gasteiger partial charge in [-0.25, -0.2) is 9.59 Å². The second-order valence-electron chi connectivity index (χ2n) is 5.38. The molecule has 1 aromatic rings. The molecule has 0 saturated heterocycles. The highest BCUT2D eigenvalue weighted by atomic mass is 16.7. The smallest absolute Gasteiger partial charge is 0.333 e. The topological polar surface area (TPSA) is 71.1 Å². The van der Waals surface area contributed by atoms with E-state index in [0.29, 0.717) is 5.75 Å². The van der Waals surface area contributed by atoms with Crippen LogP contribution in [0.2, 0.25) is 0 Å². The second-order valence-corrected chi connectivity index (χ2v) is 5.38. The summed E-state index contributed by atoms with van der Waals surface area (Å²) in [6.45, 7) is 10.1. The number of carbonyl (C=O) groups is 2. The highest BCUT2D eigenvalue weighted by Crippen LogP contribution is 2.28. The summed E-state index contributed by atoms with van der Waals surface area (Å²) in [7, 11) is 1.43. The van der Waals surface area contributed by atoms with Crippen LogP contribution in [-0.4, -0.2) is 37.5 Å². The fourth-order valence-electron chi connectivity index (χ4n) is 2.06. The zero-order valence-electron chi connectivity index (χ0n) is 14.8. The van der Waals surface area contributed by atoms with Crippen molar-refractivity contribution in [1.29, 1.82) is 0 Å². The lowest BCUT2D eigenvalue weighted by Crippen LogP contribution is -2.51. The van der Waals surface area contributed by atoms with Crippen molar-refractivity contribution in [2.45, 2.75) is 32.2 Å². The molecule has 1 rings (SSSR count). The van der Waals surface area contributed by atoms with Crippen LogP contribution < -0.4 is 4.74 Å². The van der Waals surface area contributed by atoms with Gasteiger partial charge in [0.1, 0.15) is 5.75 Å². The minimum absolute atomic E-state index is 0.00233. The van der Waals surface area contributed by atoms with Crippen LogP contribution in [-0.2, 0) is 23.8 Å². The van der Waals surface area contributed by atoms with Crippen molar-refractivity contribution < 1.29 is 28.5 Å². The van der Waals surface area contributed by atoms with Crippen molar-refractivity contribution in [3.05, 3.63) is 55.1 Å². The fourth-order valence-corrected chi connectivity index (χ4v) is 2.06. The van der Waals surface area contributed by atoms with Gasteiger partial charge in [0.05, 0.1) is 13.0 Å². The standard InChI is InChI=1S/C19H24O6/c1-6-17(20)24-15(4)19(22-5,12-13-23-18(21)14(2)3)25-16-10-8-7-9-11-16/h6-11,15H,1-2,12-13H2,3-5H3. The number of benzene rings is 1. The van der Waals surface area contributed by atoms with E-state index in [9.17, 15) is 9.59 Å². The molecule has 25 heavy (non-hydrogen) atoms. The van der Waals surface area contributed by atoms with Gasteiger partial charge in [-0.05, 0) is 26.0 Å². The van der Waals surface area contributed by atoms with Gasteiger partial charge < -0.3 is 18.9 Å². The molecule has 0 spiro atoms. The van der Waals surface area contributed by atoms with Crippen molar-refractivity contribution in [2.75, 3.05) is 13.7 Å². The van der Waals surface area contributed by atoms with Crippen molar-refractivity contribution in [3.8, 4) is 5.75 Å². The predicted molar refractivity (Wildman–Crippen MR) is 93.0 cm³/mol. The van der Waals surface area contributed by atoms with Crippen LogP contribution in [0.3, 0.4) is 0 Å². The quantitative estimate of drug-likeness (QED) is 0.368. The zero-order valence-corrected chi connectivity index (χ0v) is 14.8. The van der Waals surface area contributed by atoms with Gasteiger partial charge in [-0.1, -0.05) is 31.4 Å². The van der Waals surface area contributed by atoms with Crippen LogP contribution >= 0.6 is 0 Å². The minimum Gasteiger partial charge on any atom is -0.462 e. The van der Waals surface area contributed by atoms with Gasteiger partial charge in [-0.15, -0.1) is 0 Å². The van der Waals surface area contributed by atoms with E-state index >= 15 is 0 Å². The summed E-state index contributed by atoms with van der Waals surface area (Å²) in [6, 6.07) is 8.94. The van der Waals surface area contributed by atoms with Gasteiger partial charge in [0.15, 0.2) is 6.10 Å². The summed E-state index contributed by atoms with van der Waals surface area (Å²) in [6.07, 6.45) is 0.413. The molecular formula is C19H24O6. The number of para-hydroxylation sites is 1. The number of hydrogen-bond donors (Lipinski definition) is 0. The Hall–Kier alpha value is -2.60. The lowest BCUT2D eigenvalue weighted by Gasteiger charge is -2.37. The van der Waals surface area contributed by atoms with Crippen molar-refractivity contribution in [1.82, 2.24) is 0 Å².